The van der Waals surface area contributed by atoms with Crippen molar-refractivity contribution in [2.24, 2.45) is 0 Å². The first-order valence-electron chi connectivity index (χ1n) is 6.62. The van der Waals surface area contributed by atoms with E-state index in [9.17, 15) is 9.90 Å². The number of rotatable bonds is 5. The van der Waals surface area contributed by atoms with E-state index in [1.54, 1.807) is 11.8 Å². The molecule has 100 valence electrons. The van der Waals surface area contributed by atoms with Crippen LogP contribution >= 0.6 is 11.8 Å². The number of hydrogen-bond donors (Lipinski definition) is 2. The normalized spacial score (nSPS) is 20.0. The summed E-state index contributed by atoms with van der Waals surface area (Å²) >= 11 is 1.64. The van der Waals surface area contributed by atoms with E-state index in [4.69, 9.17) is 0 Å². The molecular weight excluding hydrogens is 234 g/mol. The third-order valence-corrected chi connectivity index (χ3v) is 4.29. The first kappa shape index (κ1) is 14.8. The molecule has 0 unspecified atom stereocenters. The van der Waals surface area contributed by atoms with Crippen LogP contribution in [0.2, 0.25) is 0 Å². The third kappa shape index (κ3) is 6.32. The zero-order valence-corrected chi connectivity index (χ0v) is 11.8. The number of amides is 1. The summed E-state index contributed by atoms with van der Waals surface area (Å²) in [6.45, 7) is 4.58. The van der Waals surface area contributed by atoms with E-state index in [0.29, 0.717) is 17.5 Å². The van der Waals surface area contributed by atoms with Crippen LogP contribution in [-0.2, 0) is 4.79 Å². The molecule has 0 spiro atoms. The van der Waals surface area contributed by atoms with Crippen LogP contribution < -0.4 is 5.32 Å². The van der Waals surface area contributed by atoms with E-state index >= 15 is 0 Å². The van der Waals surface area contributed by atoms with Crippen molar-refractivity contribution in [3.05, 3.63) is 0 Å². The van der Waals surface area contributed by atoms with Gasteiger partial charge in [0.05, 0.1) is 11.4 Å². The maximum Gasteiger partial charge on any atom is 0.230 e. The van der Waals surface area contributed by atoms with Gasteiger partial charge in [0, 0.05) is 6.54 Å². The summed E-state index contributed by atoms with van der Waals surface area (Å²) in [5.41, 5.74) is -0.658. The summed E-state index contributed by atoms with van der Waals surface area (Å²) in [5.74, 6) is 0.537. The van der Waals surface area contributed by atoms with Crippen LogP contribution in [0, 0.1) is 0 Å². The van der Waals surface area contributed by atoms with Gasteiger partial charge >= 0.3 is 0 Å². The summed E-state index contributed by atoms with van der Waals surface area (Å²) in [6, 6.07) is 0. The van der Waals surface area contributed by atoms with Crippen molar-refractivity contribution >= 4 is 17.7 Å². The van der Waals surface area contributed by atoms with Crippen molar-refractivity contribution in [3.8, 4) is 0 Å². The van der Waals surface area contributed by atoms with Crippen molar-refractivity contribution in [1.82, 2.24) is 5.32 Å². The number of aliphatic hydroxyl groups is 1. The number of carbonyl (C=O) groups is 1. The second-order valence-electron chi connectivity index (χ2n) is 5.28. The van der Waals surface area contributed by atoms with Gasteiger partial charge in [-0.1, -0.05) is 39.5 Å². The lowest BCUT2D eigenvalue weighted by Gasteiger charge is -2.26. The standard InChI is InChI=1S/C13H25NO2S/c1-11(2)17-9-12(15)14-10-13(16)7-5-3-4-6-8-13/h11,16H,3-10H2,1-2H3,(H,14,15). The van der Waals surface area contributed by atoms with E-state index < -0.39 is 5.60 Å². The highest BCUT2D eigenvalue weighted by Gasteiger charge is 2.28. The van der Waals surface area contributed by atoms with Crippen molar-refractivity contribution in [1.29, 1.82) is 0 Å². The molecular formula is C13H25NO2S. The highest BCUT2D eigenvalue weighted by atomic mass is 32.2. The zero-order valence-electron chi connectivity index (χ0n) is 11.0. The quantitative estimate of drug-likeness (QED) is 0.745. The summed E-state index contributed by atoms with van der Waals surface area (Å²) in [7, 11) is 0. The van der Waals surface area contributed by atoms with Gasteiger partial charge in [-0.2, -0.15) is 0 Å². The molecule has 0 heterocycles. The topological polar surface area (TPSA) is 49.3 Å². The maximum absolute atomic E-state index is 11.6. The lowest BCUT2D eigenvalue weighted by molar-refractivity contribution is -0.120. The van der Waals surface area contributed by atoms with Crippen LogP contribution in [0.15, 0.2) is 0 Å². The fraction of sp³-hybridized carbons (Fsp3) is 0.923. The number of thioether (sulfide) groups is 1. The smallest absolute Gasteiger partial charge is 0.230 e. The Hall–Kier alpha value is -0.220. The molecule has 0 saturated heterocycles. The van der Waals surface area contributed by atoms with Crippen LogP contribution in [0.4, 0.5) is 0 Å². The zero-order chi connectivity index (χ0) is 12.7. The van der Waals surface area contributed by atoms with Crippen LogP contribution in [0.5, 0.6) is 0 Å². The van der Waals surface area contributed by atoms with Crippen molar-refractivity contribution < 1.29 is 9.90 Å². The van der Waals surface area contributed by atoms with E-state index in [2.05, 4.69) is 19.2 Å². The molecule has 1 fully saturated rings. The minimum atomic E-state index is -0.658. The first-order chi connectivity index (χ1) is 8.02. The molecule has 1 aliphatic rings. The largest absolute Gasteiger partial charge is 0.388 e. The highest BCUT2D eigenvalue weighted by Crippen LogP contribution is 2.26. The van der Waals surface area contributed by atoms with Gasteiger partial charge in [0.1, 0.15) is 0 Å². The molecule has 1 aliphatic carbocycles. The predicted molar refractivity (Wildman–Crippen MR) is 73.3 cm³/mol. The highest BCUT2D eigenvalue weighted by molar-refractivity contribution is 8.00. The first-order valence-corrected chi connectivity index (χ1v) is 7.67. The molecule has 4 heteroatoms. The van der Waals surface area contributed by atoms with E-state index in [1.165, 1.54) is 12.8 Å². The summed E-state index contributed by atoms with van der Waals surface area (Å²) in [4.78, 5) is 11.6. The minimum absolute atomic E-state index is 0.0429. The Labute approximate surface area is 109 Å². The van der Waals surface area contributed by atoms with Gasteiger partial charge in [0.2, 0.25) is 5.91 Å². The molecule has 1 rings (SSSR count). The Bertz CT molecular complexity index is 236. The summed E-state index contributed by atoms with van der Waals surface area (Å²) in [5, 5.41) is 13.7. The lowest BCUT2D eigenvalue weighted by Crippen LogP contribution is -2.43. The van der Waals surface area contributed by atoms with E-state index in [0.717, 1.165) is 25.7 Å². The molecule has 0 bridgehead atoms. The van der Waals surface area contributed by atoms with Gasteiger partial charge in [-0.15, -0.1) is 11.8 Å². The molecule has 0 atom stereocenters. The average Bonchev–Trinajstić information content (AvgIpc) is 2.49. The molecule has 0 radical (unpaired) electrons. The SMILES string of the molecule is CC(C)SCC(=O)NCC1(O)CCCCCC1. The second kappa shape index (κ2) is 7.27. The number of carbonyl (C=O) groups excluding carboxylic acids is 1. The molecule has 0 aromatic heterocycles. The Balaban J connectivity index is 2.25. The van der Waals surface area contributed by atoms with Gasteiger partial charge in [-0.05, 0) is 18.1 Å². The third-order valence-electron chi connectivity index (χ3n) is 3.20. The maximum atomic E-state index is 11.6. The van der Waals surface area contributed by atoms with Crippen molar-refractivity contribution in [3.63, 3.8) is 0 Å². The second-order valence-corrected chi connectivity index (χ2v) is 6.84. The Morgan fingerprint density at radius 2 is 1.88 bits per heavy atom. The molecule has 17 heavy (non-hydrogen) atoms. The molecule has 0 aromatic rings. The molecule has 3 nitrogen and oxygen atoms in total. The molecule has 1 saturated carbocycles. The van der Waals surface area contributed by atoms with Gasteiger partial charge < -0.3 is 10.4 Å². The predicted octanol–water partition coefficient (Wildman–Crippen LogP) is 2.33. The van der Waals surface area contributed by atoms with Gasteiger partial charge in [-0.25, -0.2) is 0 Å². The average molecular weight is 259 g/mol. The molecule has 0 aliphatic heterocycles. The molecule has 0 aromatic carbocycles. The Kier molecular flexibility index (Phi) is 6.34. The van der Waals surface area contributed by atoms with Crippen molar-refractivity contribution in [2.45, 2.75) is 63.2 Å². The Morgan fingerprint density at radius 3 is 2.41 bits per heavy atom. The summed E-state index contributed by atoms with van der Waals surface area (Å²) in [6.07, 6.45) is 6.22. The van der Waals surface area contributed by atoms with Crippen LogP contribution in [-0.4, -0.2) is 34.2 Å². The molecule has 2 N–H and O–H groups in total. The minimum Gasteiger partial charge on any atom is -0.388 e. The van der Waals surface area contributed by atoms with Crippen molar-refractivity contribution in [2.75, 3.05) is 12.3 Å². The van der Waals surface area contributed by atoms with Crippen LogP contribution in [0.25, 0.3) is 0 Å². The lowest BCUT2D eigenvalue weighted by atomic mass is 9.94. The monoisotopic (exact) mass is 259 g/mol. The summed E-state index contributed by atoms with van der Waals surface area (Å²) < 4.78 is 0. The van der Waals surface area contributed by atoms with Crippen LogP contribution in [0.1, 0.15) is 52.4 Å². The fourth-order valence-electron chi connectivity index (χ4n) is 2.12. The van der Waals surface area contributed by atoms with E-state index in [-0.39, 0.29) is 5.91 Å². The van der Waals surface area contributed by atoms with Crippen LogP contribution in [0.3, 0.4) is 0 Å². The van der Waals surface area contributed by atoms with Gasteiger partial charge in [-0.3, -0.25) is 4.79 Å². The fourth-order valence-corrected chi connectivity index (χ4v) is 2.71. The van der Waals surface area contributed by atoms with E-state index in [1.807, 2.05) is 0 Å². The number of nitrogens with one attached hydrogen (secondary N) is 1. The molecule has 1 amide bonds. The van der Waals surface area contributed by atoms with Gasteiger partial charge in [0.15, 0.2) is 0 Å². The number of hydrogen-bond acceptors (Lipinski definition) is 3. The van der Waals surface area contributed by atoms with Gasteiger partial charge in [0.25, 0.3) is 0 Å². The Morgan fingerprint density at radius 1 is 1.29 bits per heavy atom.